The predicted molar refractivity (Wildman–Crippen MR) is 84.2 cm³/mol. The number of benzene rings is 1. The van der Waals surface area contributed by atoms with E-state index < -0.39 is 5.97 Å². The summed E-state index contributed by atoms with van der Waals surface area (Å²) in [7, 11) is 1.36. The van der Waals surface area contributed by atoms with Gasteiger partial charge in [0.15, 0.2) is 18.1 Å². The number of carbonyl (C=O) groups is 3. The van der Waals surface area contributed by atoms with Crippen LogP contribution in [0.25, 0.3) is 0 Å². The van der Waals surface area contributed by atoms with E-state index >= 15 is 0 Å². The topological polar surface area (TPSA) is 91.4 Å². The summed E-state index contributed by atoms with van der Waals surface area (Å²) in [5.74, 6) is -0.258. The second kappa shape index (κ2) is 7.42. The zero-order chi connectivity index (χ0) is 17.8. The molecule has 1 aromatic carbocycles. The average Bonchev–Trinajstić information content (AvgIpc) is 3.13. The van der Waals surface area contributed by atoms with Gasteiger partial charge in [0.2, 0.25) is 6.79 Å². The van der Waals surface area contributed by atoms with Gasteiger partial charge in [0.05, 0.1) is 18.6 Å². The second-order valence-corrected chi connectivity index (χ2v) is 5.82. The summed E-state index contributed by atoms with van der Waals surface area (Å²) in [4.78, 5) is 37.3. The summed E-state index contributed by atoms with van der Waals surface area (Å²) < 4.78 is 20.2. The lowest BCUT2D eigenvalue weighted by molar-refractivity contribution is -0.149. The highest BCUT2D eigenvalue weighted by atomic mass is 16.7. The monoisotopic (exact) mass is 349 g/mol. The van der Waals surface area contributed by atoms with Gasteiger partial charge < -0.3 is 23.8 Å². The lowest BCUT2D eigenvalue weighted by atomic mass is 9.97. The lowest BCUT2D eigenvalue weighted by Crippen LogP contribution is -2.42. The number of carbonyl (C=O) groups excluding carboxylic acids is 3. The first-order valence-corrected chi connectivity index (χ1v) is 8.01. The van der Waals surface area contributed by atoms with E-state index in [1.165, 1.54) is 13.2 Å². The SMILES string of the molecule is COC(=O)C1CCN(C(=O)COC(=O)c2ccc3c(c2)OCO3)CC1. The maximum Gasteiger partial charge on any atom is 0.338 e. The van der Waals surface area contributed by atoms with Crippen molar-refractivity contribution in [3.05, 3.63) is 23.8 Å². The molecular weight excluding hydrogens is 330 g/mol. The summed E-state index contributed by atoms with van der Waals surface area (Å²) in [6.45, 7) is 0.671. The minimum absolute atomic E-state index is 0.119. The van der Waals surface area contributed by atoms with E-state index in [-0.39, 0.29) is 31.2 Å². The van der Waals surface area contributed by atoms with Crippen molar-refractivity contribution >= 4 is 17.8 Å². The highest BCUT2D eigenvalue weighted by Gasteiger charge is 2.28. The maximum atomic E-state index is 12.2. The van der Waals surface area contributed by atoms with Crippen molar-refractivity contribution in [2.24, 2.45) is 5.92 Å². The number of methoxy groups -OCH3 is 1. The molecule has 134 valence electrons. The number of esters is 2. The van der Waals surface area contributed by atoms with Crippen LogP contribution >= 0.6 is 0 Å². The summed E-state index contributed by atoms with van der Waals surface area (Å²) in [6, 6.07) is 4.71. The molecule has 0 aliphatic carbocycles. The van der Waals surface area contributed by atoms with Crippen LogP contribution in [0.1, 0.15) is 23.2 Å². The molecule has 0 atom stereocenters. The first-order chi connectivity index (χ1) is 12.1. The Hall–Kier alpha value is -2.77. The van der Waals surface area contributed by atoms with E-state index in [4.69, 9.17) is 18.9 Å². The lowest BCUT2D eigenvalue weighted by Gasteiger charge is -2.30. The fourth-order valence-electron chi connectivity index (χ4n) is 2.86. The van der Waals surface area contributed by atoms with Crippen molar-refractivity contribution in [3.8, 4) is 11.5 Å². The minimum atomic E-state index is -0.601. The first kappa shape index (κ1) is 17.1. The van der Waals surface area contributed by atoms with E-state index in [0.717, 1.165) is 0 Å². The Morgan fingerprint density at radius 2 is 1.88 bits per heavy atom. The number of hydrogen-bond acceptors (Lipinski definition) is 7. The molecule has 0 radical (unpaired) electrons. The standard InChI is InChI=1S/C17H19NO7/c1-22-16(20)11-4-6-18(7-5-11)15(19)9-23-17(21)12-2-3-13-14(8-12)25-10-24-13/h2-3,8,11H,4-7,9-10H2,1H3. The molecule has 1 saturated heterocycles. The number of ether oxygens (including phenoxy) is 4. The molecule has 8 nitrogen and oxygen atoms in total. The summed E-state index contributed by atoms with van der Waals surface area (Å²) >= 11 is 0. The van der Waals surface area contributed by atoms with E-state index in [0.29, 0.717) is 43.0 Å². The Morgan fingerprint density at radius 3 is 2.60 bits per heavy atom. The highest BCUT2D eigenvalue weighted by Crippen LogP contribution is 2.32. The van der Waals surface area contributed by atoms with Crippen LogP contribution in [0.4, 0.5) is 0 Å². The van der Waals surface area contributed by atoms with Crippen LogP contribution in [0.2, 0.25) is 0 Å². The van der Waals surface area contributed by atoms with E-state index in [1.807, 2.05) is 0 Å². The van der Waals surface area contributed by atoms with Crippen molar-refractivity contribution in [2.45, 2.75) is 12.8 Å². The van der Waals surface area contributed by atoms with Gasteiger partial charge in [0.25, 0.3) is 5.91 Å². The zero-order valence-corrected chi connectivity index (χ0v) is 13.9. The van der Waals surface area contributed by atoms with Gasteiger partial charge in [-0.1, -0.05) is 0 Å². The Labute approximate surface area is 144 Å². The predicted octanol–water partition coefficient (Wildman–Crippen LogP) is 0.984. The third-order valence-corrected chi connectivity index (χ3v) is 4.32. The van der Waals surface area contributed by atoms with Gasteiger partial charge >= 0.3 is 11.9 Å². The second-order valence-electron chi connectivity index (χ2n) is 5.82. The fraction of sp³-hybridized carbons (Fsp3) is 0.471. The van der Waals surface area contributed by atoms with Gasteiger partial charge in [-0.25, -0.2) is 4.79 Å². The number of fused-ring (bicyclic) bond motifs is 1. The van der Waals surface area contributed by atoms with Crippen LogP contribution in [0, 0.1) is 5.92 Å². The first-order valence-electron chi connectivity index (χ1n) is 8.01. The molecule has 25 heavy (non-hydrogen) atoms. The van der Waals surface area contributed by atoms with Gasteiger partial charge in [0.1, 0.15) is 0 Å². The number of hydrogen-bond donors (Lipinski definition) is 0. The number of likely N-dealkylation sites (tertiary alicyclic amines) is 1. The molecule has 0 aromatic heterocycles. The molecular formula is C17H19NO7. The highest BCUT2D eigenvalue weighted by molar-refractivity contribution is 5.92. The maximum absolute atomic E-state index is 12.2. The molecule has 3 rings (SSSR count). The van der Waals surface area contributed by atoms with Gasteiger partial charge in [-0.05, 0) is 31.0 Å². The molecule has 2 heterocycles. The molecule has 2 aliphatic rings. The molecule has 1 fully saturated rings. The third-order valence-electron chi connectivity index (χ3n) is 4.32. The van der Waals surface area contributed by atoms with E-state index in [1.54, 1.807) is 17.0 Å². The molecule has 8 heteroatoms. The van der Waals surface area contributed by atoms with E-state index in [2.05, 4.69) is 0 Å². The van der Waals surface area contributed by atoms with Crippen molar-refractivity contribution in [1.29, 1.82) is 0 Å². The normalized spacial score (nSPS) is 16.4. The zero-order valence-electron chi connectivity index (χ0n) is 13.9. The summed E-state index contributed by atoms with van der Waals surface area (Å²) in [6.07, 6.45) is 1.10. The van der Waals surface area contributed by atoms with Gasteiger partial charge in [0, 0.05) is 13.1 Å². The molecule has 0 unspecified atom stereocenters. The van der Waals surface area contributed by atoms with Crippen molar-refractivity contribution in [1.82, 2.24) is 4.90 Å². The van der Waals surface area contributed by atoms with Crippen molar-refractivity contribution in [2.75, 3.05) is 33.6 Å². The van der Waals surface area contributed by atoms with Crippen LogP contribution in [-0.2, 0) is 19.1 Å². The largest absolute Gasteiger partial charge is 0.469 e. The summed E-state index contributed by atoms with van der Waals surface area (Å²) in [5, 5.41) is 0. The average molecular weight is 349 g/mol. The Kier molecular flexibility index (Phi) is 5.06. The number of rotatable bonds is 4. The van der Waals surface area contributed by atoms with Crippen LogP contribution in [-0.4, -0.2) is 56.3 Å². The molecule has 1 amide bonds. The van der Waals surface area contributed by atoms with Gasteiger partial charge in [-0.2, -0.15) is 0 Å². The van der Waals surface area contributed by atoms with Crippen LogP contribution in [0.15, 0.2) is 18.2 Å². The number of amides is 1. The Bertz CT molecular complexity index is 680. The fourth-order valence-corrected chi connectivity index (χ4v) is 2.86. The molecule has 0 saturated carbocycles. The van der Waals surface area contributed by atoms with Crippen LogP contribution in [0.5, 0.6) is 11.5 Å². The quantitative estimate of drug-likeness (QED) is 0.748. The third kappa shape index (κ3) is 3.84. The number of nitrogens with zero attached hydrogens (tertiary/aromatic N) is 1. The molecule has 0 N–H and O–H groups in total. The Balaban J connectivity index is 1.48. The number of piperidine rings is 1. The molecule has 1 aromatic rings. The van der Waals surface area contributed by atoms with Crippen LogP contribution < -0.4 is 9.47 Å². The molecule has 0 bridgehead atoms. The van der Waals surface area contributed by atoms with E-state index in [9.17, 15) is 14.4 Å². The van der Waals surface area contributed by atoms with Crippen LogP contribution in [0.3, 0.4) is 0 Å². The van der Waals surface area contributed by atoms with Crippen molar-refractivity contribution in [3.63, 3.8) is 0 Å². The van der Waals surface area contributed by atoms with Gasteiger partial charge in [-0.3, -0.25) is 9.59 Å². The van der Waals surface area contributed by atoms with Crippen molar-refractivity contribution < 1.29 is 33.3 Å². The minimum Gasteiger partial charge on any atom is -0.469 e. The smallest absolute Gasteiger partial charge is 0.338 e. The summed E-state index contributed by atoms with van der Waals surface area (Å²) in [5.41, 5.74) is 0.293. The van der Waals surface area contributed by atoms with Gasteiger partial charge in [-0.15, -0.1) is 0 Å². The molecule has 0 spiro atoms. The molecule has 2 aliphatic heterocycles. The Morgan fingerprint density at radius 1 is 1.16 bits per heavy atom.